The first-order valence-electron chi connectivity index (χ1n) is 9.16. The maximum absolute atomic E-state index is 13.0. The molecule has 140 valence electrons. The SMILES string of the molecule is Cc1cc(C)cc(S(=O)(=O)Nc2c(C)cc(C)c(N3CCCC3)c2C)c1. The van der Waals surface area contributed by atoms with Crippen molar-refractivity contribution in [2.24, 2.45) is 0 Å². The van der Waals surface area contributed by atoms with Crippen molar-refractivity contribution in [1.82, 2.24) is 0 Å². The summed E-state index contributed by atoms with van der Waals surface area (Å²) in [6, 6.07) is 7.50. The van der Waals surface area contributed by atoms with Gasteiger partial charge in [-0.05, 0) is 87.4 Å². The number of anilines is 2. The quantitative estimate of drug-likeness (QED) is 0.851. The fourth-order valence-electron chi connectivity index (χ4n) is 4.04. The van der Waals surface area contributed by atoms with E-state index in [1.165, 1.54) is 24.1 Å². The molecule has 0 amide bonds. The number of nitrogens with zero attached hydrogens (tertiary/aromatic N) is 1. The van der Waals surface area contributed by atoms with Gasteiger partial charge in [-0.25, -0.2) is 8.42 Å². The van der Waals surface area contributed by atoms with E-state index < -0.39 is 10.0 Å². The molecule has 0 aromatic heterocycles. The fourth-order valence-corrected chi connectivity index (χ4v) is 5.42. The van der Waals surface area contributed by atoms with Crippen molar-refractivity contribution in [3.8, 4) is 0 Å². The second-order valence-corrected chi connectivity index (χ2v) is 9.16. The van der Waals surface area contributed by atoms with Crippen molar-refractivity contribution in [2.45, 2.75) is 52.4 Å². The van der Waals surface area contributed by atoms with Crippen molar-refractivity contribution >= 4 is 21.4 Å². The number of rotatable bonds is 4. The lowest BCUT2D eigenvalue weighted by atomic mass is 10.0. The topological polar surface area (TPSA) is 49.4 Å². The highest BCUT2D eigenvalue weighted by Crippen LogP contribution is 2.36. The van der Waals surface area contributed by atoms with Crippen molar-refractivity contribution < 1.29 is 8.42 Å². The summed E-state index contributed by atoms with van der Waals surface area (Å²) in [4.78, 5) is 2.69. The number of benzene rings is 2. The number of hydrogen-bond donors (Lipinski definition) is 1. The van der Waals surface area contributed by atoms with Crippen LogP contribution in [0.1, 0.15) is 40.7 Å². The molecule has 0 unspecified atom stereocenters. The number of sulfonamides is 1. The fraction of sp³-hybridized carbons (Fsp3) is 0.429. The van der Waals surface area contributed by atoms with Gasteiger partial charge in [-0.1, -0.05) is 12.1 Å². The van der Waals surface area contributed by atoms with Gasteiger partial charge in [0.05, 0.1) is 10.6 Å². The maximum atomic E-state index is 13.0. The second kappa shape index (κ2) is 6.95. The van der Waals surface area contributed by atoms with Crippen LogP contribution >= 0.6 is 0 Å². The van der Waals surface area contributed by atoms with Gasteiger partial charge in [0.1, 0.15) is 0 Å². The molecule has 3 rings (SSSR count). The van der Waals surface area contributed by atoms with Crippen LogP contribution in [0, 0.1) is 34.6 Å². The number of aryl methyl sites for hydroxylation is 4. The molecular weight excluding hydrogens is 344 g/mol. The number of hydrogen-bond acceptors (Lipinski definition) is 3. The van der Waals surface area contributed by atoms with Gasteiger partial charge < -0.3 is 4.90 Å². The average Bonchev–Trinajstić information content (AvgIpc) is 3.04. The third-order valence-corrected chi connectivity index (χ3v) is 6.42. The number of nitrogens with one attached hydrogen (secondary N) is 1. The molecule has 1 N–H and O–H groups in total. The molecule has 1 heterocycles. The Morgan fingerprint density at radius 1 is 0.846 bits per heavy atom. The van der Waals surface area contributed by atoms with Crippen LogP contribution in [0.5, 0.6) is 0 Å². The Labute approximate surface area is 157 Å². The van der Waals surface area contributed by atoms with E-state index in [0.717, 1.165) is 35.3 Å². The Morgan fingerprint density at radius 2 is 1.42 bits per heavy atom. The lowest BCUT2D eigenvalue weighted by molar-refractivity contribution is 0.601. The summed E-state index contributed by atoms with van der Waals surface area (Å²) in [6.07, 6.45) is 2.38. The highest BCUT2D eigenvalue weighted by Gasteiger charge is 2.23. The third-order valence-electron chi connectivity index (χ3n) is 5.10. The van der Waals surface area contributed by atoms with E-state index in [9.17, 15) is 8.42 Å². The first-order valence-corrected chi connectivity index (χ1v) is 10.6. The smallest absolute Gasteiger partial charge is 0.261 e. The summed E-state index contributed by atoms with van der Waals surface area (Å²) in [5.41, 5.74) is 6.94. The van der Waals surface area contributed by atoms with Gasteiger partial charge in [-0.2, -0.15) is 0 Å². The zero-order valence-electron chi connectivity index (χ0n) is 16.3. The van der Waals surface area contributed by atoms with E-state index in [4.69, 9.17) is 0 Å². The Morgan fingerprint density at radius 3 is 2.00 bits per heavy atom. The minimum absolute atomic E-state index is 0.317. The normalized spacial score (nSPS) is 14.7. The Balaban J connectivity index is 2.05. The van der Waals surface area contributed by atoms with Gasteiger partial charge in [-0.3, -0.25) is 4.72 Å². The molecular formula is C21H28N2O2S. The van der Waals surface area contributed by atoms with E-state index in [0.29, 0.717) is 10.6 Å². The minimum Gasteiger partial charge on any atom is -0.371 e. The van der Waals surface area contributed by atoms with Crippen molar-refractivity contribution in [3.63, 3.8) is 0 Å². The molecule has 5 heteroatoms. The molecule has 1 fully saturated rings. The Kier molecular flexibility index (Phi) is 5.02. The van der Waals surface area contributed by atoms with Gasteiger partial charge in [0, 0.05) is 18.8 Å². The summed E-state index contributed by atoms with van der Waals surface area (Å²) >= 11 is 0. The molecule has 0 atom stereocenters. The largest absolute Gasteiger partial charge is 0.371 e. The summed E-state index contributed by atoms with van der Waals surface area (Å²) in [5, 5.41) is 0. The first kappa shape index (κ1) is 18.8. The lowest BCUT2D eigenvalue weighted by Crippen LogP contribution is -2.22. The summed E-state index contributed by atoms with van der Waals surface area (Å²) in [7, 11) is -3.62. The maximum Gasteiger partial charge on any atom is 0.261 e. The van der Waals surface area contributed by atoms with Crippen molar-refractivity contribution in [3.05, 3.63) is 52.1 Å². The van der Waals surface area contributed by atoms with E-state index >= 15 is 0 Å². The summed E-state index contributed by atoms with van der Waals surface area (Å²) < 4.78 is 28.9. The highest BCUT2D eigenvalue weighted by molar-refractivity contribution is 7.92. The van der Waals surface area contributed by atoms with Crippen molar-refractivity contribution in [2.75, 3.05) is 22.7 Å². The summed E-state index contributed by atoms with van der Waals surface area (Å²) in [6.45, 7) is 12.0. The standard InChI is InChI=1S/C21H28N2O2S/c1-14-10-15(2)12-19(11-14)26(24,25)22-20-16(3)13-17(4)21(18(20)5)23-8-6-7-9-23/h10-13,22H,6-9H2,1-5H3. The van der Waals surface area contributed by atoms with Gasteiger partial charge in [0.2, 0.25) is 0 Å². The zero-order chi connectivity index (χ0) is 19.1. The first-order chi connectivity index (χ1) is 12.2. The molecule has 0 spiro atoms. The minimum atomic E-state index is -3.62. The Hall–Kier alpha value is -2.01. The molecule has 4 nitrogen and oxygen atoms in total. The van der Waals surface area contributed by atoms with E-state index in [-0.39, 0.29) is 0 Å². The van der Waals surface area contributed by atoms with E-state index in [1.54, 1.807) is 12.1 Å². The zero-order valence-corrected chi connectivity index (χ0v) is 17.1. The Bertz CT molecular complexity index is 923. The van der Waals surface area contributed by atoms with Gasteiger partial charge in [0.25, 0.3) is 10.0 Å². The molecule has 26 heavy (non-hydrogen) atoms. The van der Waals surface area contributed by atoms with Gasteiger partial charge in [0.15, 0.2) is 0 Å². The van der Waals surface area contributed by atoms with E-state index in [1.807, 2.05) is 33.8 Å². The monoisotopic (exact) mass is 372 g/mol. The predicted octanol–water partition coefficient (Wildman–Crippen LogP) is 4.63. The molecule has 1 aliphatic heterocycles. The lowest BCUT2D eigenvalue weighted by Gasteiger charge is -2.26. The van der Waals surface area contributed by atoms with Crippen LogP contribution in [0.2, 0.25) is 0 Å². The van der Waals surface area contributed by atoms with Crippen LogP contribution in [0.15, 0.2) is 29.2 Å². The highest BCUT2D eigenvalue weighted by atomic mass is 32.2. The van der Waals surface area contributed by atoms with Crippen LogP contribution in [-0.2, 0) is 10.0 Å². The van der Waals surface area contributed by atoms with Crippen LogP contribution in [-0.4, -0.2) is 21.5 Å². The van der Waals surface area contributed by atoms with Gasteiger partial charge >= 0.3 is 0 Å². The summed E-state index contributed by atoms with van der Waals surface area (Å²) in [5.74, 6) is 0. The van der Waals surface area contributed by atoms with Crippen LogP contribution in [0.3, 0.4) is 0 Å². The molecule has 0 saturated carbocycles. The molecule has 1 saturated heterocycles. The molecule has 0 radical (unpaired) electrons. The molecule has 0 bridgehead atoms. The molecule has 2 aromatic rings. The van der Waals surface area contributed by atoms with Crippen molar-refractivity contribution in [1.29, 1.82) is 0 Å². The second-order valence-electron chi connectivity index (χ2n) is 7.48. The van der Waals surface area contributed by atoms with Gasteiger partial charge in [-0.15, -0.1) is 0 Å². The third kappa shape index (κ3) is 3.58. The van der Waals surface area contributed by atoms with E-state index in [2.05, 4.69) is 22.6 Å². The van der Waals surface area contributed by atoms with Crippen LogP contribution < -0.4 is 9.62 Å². The van der Waals surface area contributed by atoms with Crippen LogP contribution in [0.25, 0.3) is 0 Å². The average molecular weight is 373 g/mol. The van der Waals surface area contributed by atoms with Crippen LogP contribution in [0.4, 0.5) is 11.4 Å². The molecule has 1 aliphatic rings. The molecule has 0 aliphatic carbocycles. The predicted molar refractivity (Wildman–Crippen MR) is 109 cm³/mol. The molecule has 2 aromatic carbocycles.